The Labute approximate surface area is 163 Å². The topological polar surface area (TPSA) is 40.6 Å². The molecule has 2 aromatic carbocycles. The first-order valence-electron chi connectivity index (χ1n) is 8.47. The van der Waals surface area contributed by atoms with E-state index in [2.05, 4.69) is 0 Å². The number of hydrogen-bond donors (Lipinski definition) is 0. The normalized spacial score (nSPS) is 19.2. The van der Waals surface area contributed by atoms with Crippen molar-refractivity contribution in [1.82, 2.24) is 4.90 Å². The highest BCUT2D eigenvalue weighted by atomic mass is 35.5. The molecular weight excluding hydrogens is 368 g/mol. The number of para-hydroxylation sites is 1. The summed E-state index contributed by atoms with van der Waals surface area (Å²) in [6.45, 7) is 4.60. The van der Waals surface area contributed by atoms with Gasteiger partial charge in [0.15, 0.2) is 4.75 Å². The minimum Gasteiger partial charge on any atom is -0.340 e. The van der Waals surface area contributed by atoms with E-state index >= 15 is 0 Å². The van der Waals surface area contributed by atoms with Crippen LogP contribution in [-0.2, 0) is 16.1 Å². The minimum atomic E-state index is -1.18. The van der Waals surface area contributed by atoms with Crippen LogP contribution in [0, 0.1) is 0 Å². The zero-order valence-electron chi connectivity index (χ0n) is 15.0. The van der Waals surface area contributed by atoms with Gasteiger partial charge in [-0.1, -0.05) is 47.6 Å². The van der Waals surface area contributed by atoms with Crippen molar-refractivity contribution in [2.75, 3.05) is 18.5 Å². The standard InChI is InChI=1S/C20H21ClN2O2S/c1-4-23-16-7-5-6-8-17(16)26-20(2,19(23)25)18(24)22(3)13-14-9-11-15(21)12-10-14/h5-12H,4,13H2,1-3H3. The van der Waals surface area contributed by atoms with Crippen molar-refractivity contribution < 1.29 is 9.59 Å². The second-order valence-corrected chi connectivity index (χ2v) is 8.34. The zero-order valence-corrected chi connectivity index (χ0v) is 16.6. The SMILES string of the molecule is CCN1C(=O)C(C)(C(=O)N(C)Cc2ccc(Cl)cc2)Sc2ccccc21. The van der Waals surface area contributed by atoms with Crippen molar-refractivity contribution in [2.45, 2.75) is 30.0 Å². The molecule has 1 aliphatic rings. The van der Waals surface area contributed by atoms with E-state index in [1.807, 2.05) is 43.3 Å². The van der Waals surface area contributed by atoms with Crippen LogP contribution >= 0.6 is 23.4 Å². The molecule has 0 aromatic heterocycles. The Balaban J connectivity index is 1.87. The Morgan fingerprint density at radius 2 is 1.85 bits per heavy atom. The molecule has 1 atom stereocenters. The van der Waals surface area contributed by atoms with Gasteiger partial charge in [0, 0.05) is 30.1 Å². The van der Waals surface area contributed by atoms with Crippen LogP contribution in [0.1, 0.15) is 19.4 Å². The quantitative estimate of drug-likeness (QED) is 0.736. The van der Waals surface area contributed by atoms with E-state index in [-0.39, 0.29) is 11.8 Å². The number of benzene rings is 2. The number of carbonyl (C=O) groups is 2. The maximum Gasteiger partial charge on any atom is 0.252 e. The predicted octanol–water partition coefficient (Wildman–Crippen LogP) is 4.22. The average molecular weight is 389 g/mol. The molecule has 6 heteroatoms. The second kappa shape index (κ2) is 7.33. The molecule has 2 aromatic rings. The van der Waals surface area contributed by atoms with Gasteiger partial charge in [0.05, 0.1) is 5.69 Å². The lowest BCUT2D eigenvalue weighted by molar-refractivity contribution is -0.137. The molecular formula is C20H21ClN2O2S. The van der Waals surface area contributed by atoms with Gasteiger partial charge in [0.25, 0.3) is 5.91 Å². The highest BCUT2D eigenvalue weighted by Gasteiger charge is 2.49. The maximum absolute atomic E-state index is 13.2. The molecule has 0 saturated heterocycles. The van der Waals surface area contributed by atoms with Gasteiger partial charge >= 0.3 is 0 Å². The fourth-order valence-electron chi connectivity index (χ4n) is 3.15. The van der Waals surface area contributed by atoms with Gasteiger partial charge in [0.1, 0.15) is 0 Å². The predicted molar refractivity (Wildman–Crippen MR) is 107 cm³/mol. The van der Waals surface area contributed by atoms with Crippen LogP contribution in [0.15, 0.2) is 53.4 Å². The van der Waals surface area contributed by atoms with Gasteiger partial charge < -0.3 is 9.80 Å². The number of carbonyl (C=O) groups excluding carboxylic acids is 2. The number of amides is 2. The third kappa shape index (κ3) is 3.33. The summed E-state index contributed by atoms with van der Waals surface area (Å²) in [6.07, 6.45) is 0. The lowest BCUT2D eigenvalue weighted by Crippen LogP contribution is -2.56. The number of nitrogens with zero attached hydrogens (tertiary/aromatic N) is 2. The van der Waals surface area contributed by atoms with Crippen LogP contribution in [-0.4, -0.2) is 35.1 Å². The van der Waals surface area contributed by atoms with Crippen LogP contribution in [0.4, 0.5) is 5.69 Å². The highest BCUT2D eigenvalue weighted by Crippen LogP contribution is 2.46. The molecule has 0 N–H and O–H groups in total. The van der Waals surface area contributed by atoms with E-state index in [9.17, 15) is 9.59 Å². The monoisotopic (exact) mass is 388 g/mol. The molecule has 4 nitrogen and oxygen atoms in total. The highest BCUT2D eigenvalue weighted by molar-refractivity contribution is 8.02. The van der Waals surface area contributed by atoms with E-state index in [1.54, 1.807) is 35.9 Å². The van der Waals surface area contributed by atoms with Crippen molar-refractivity contribution in [2.24, 2.45) is 0 Å². The Hall–Kier alpha value is -1.98. The molecule has 0 radical (unpaired) electrons. The summed E-state index contributed by atoms with van der Waals surface area (Å²) in [7, 11) is 1.73. The fraction of sp³-hybridized carbons (Fsp3) is 0.300. The summed E-state index contributed by atoms with van der Waals surface area (Å²) in [5.41, 5.74) is 1.84. The summed E-state index contributed by atoms with van der Waals surface area (Å²) in [5, 5.41) is 0.655. The first-order chi connectivity index (χ1) is 12.4. The fourth-order valence-corrected chi connectivity index (χ4v) is 4.58. The number of hydrogen-bond acceptors (Lipinski definition) is 3. The van der Waals surface area contributed by atoms with Gasteiger partial charge in [-0.2, -0.15) is 0 Å². The molecule has 0 saturated carbocycles. The van der Waals surface area contributed by atoms with Crippen LogP contribution in [0.25, 0.3) is 0 Å². The molecule has 26 heavy (non-hydrogen) atoms. The summed E-state index contributed by atoms with van der Waals surface area (Å²) in [5.74, 6) is -0.368. The Kier molecular flexibility index (Phi) is 5.30. The average Bonchev–Trinajstić information content (AvgIpc) is 2.64. The van der Waals surface area contributed by atoms with Gasteiger partial charge in [-0.05, 0) is 43.7 Å². The molecule has 3 rings (SSSR count). The molecule has 1 unspecified atom stereocenters. The van der Waals surface area contributed by atoms with E-state index in [4.69, 9.17) is 11.6 Å². The number of halogens is 1. The zero-order chi connectivity index (χ0) is 18.9. The first kappa shape index (κ1) is 18.8. The van der Waals surface area contributed by atoms with Gasteiger partial charge in [-0.25, -0.2) is 0 Å². The van der Waals surface area contributed by atoms with E-state index in [1.165, 1.54) is 11.8 Å². The van der Waals surface area contributed by atoms with Crippen molar-refractivity contribution in [3.05, 3.63) is 59.1 Å². The van der Waals surface area contributed by atoms with Crippen LogP contribution in [0.2, 0.25) is 5.02 Å². The second-order valence-electron chi connectivity index (χ2n) is 6.44. The van der Waals surface area contributed by atoms with Crippen LogP contribution in [0.5, 0.6) is 0 Å². The van der Waals surface area contributed by atoms with E-state index in [0.717, 1.165) is 16.1 Å². The molecule has 0 spiro atoms. The summed E-state index contributed by atoms with van der Waals surface area (Å²) >= 11 is 7.25. The number of anilines is 1. The molecule has 136 valence electrons. The largest absolute Gasteiger partial charge is 0.340 e. The maximum atomic E-state index is 13.2. The molecule has 0 fully saturated rings. The number of thioether (sulfide) groups is 1. The first-order valence-corrected chi connectivity index (χ1v) is 9.66. The summed E-state index contributed by atoms with van der Waals surface area (Å²) in [6, 6.07) is 15.1. The number of rotatable bonds is 4. The van der Waals surface area contributed by atoms with Crippen LogP contribution in [0.3, 0.4) is 0 Å². The van der Waals surface area contributed by atoms with Crippen molar-refractivity contribution in [3.63, 3.8) is 0 Å². The van der Waals surface area contributed by atoms with Crippen LogP contribution < -0.4 is 4.90 Å². The third-order valence-electron chi connectivity index (χ3n) is 4.53. The molecule has 0 bridgehead atoms. The third-order valence-corrected chi connectivity index (χ3v) is 6.10. The van der Waals surface area contributed by atoms with E-state index in [0.29, 0.717) is 18.1 Å². The van der Waals surface area contributed by atoms with Crippen molar-refractivity contribution in [3.8, 4) is 0 Å². The van der Waals surface area contributed by atoms with Crippen molar-refractivity contribution in [1.29, 1.82) is 0 Å². The Morgan fingerprint density at radius 3 is 2.50 bits per heavy atom. The molecule has 1 heterocycles. The van der Waals surface area contributed by atoms with Gasteiger partial charge in [-0.3, -0.25) is 9.59 Å². The Morgan fingerprint density at radius 1 is 1.19 bits per heavy atom. The van der Waals surface area contributed by atoms with Gasteiger partial charge in [0.2, 0.25) is 5.91 Å². The minimum absolute atomic E-state index is 0.170. The molecule has 2 amide bonds. The van der Waals surface area contributed by atoms with E-state index < -0.39 is 4.75 Å². The molecule has 1 aliphatic heterocycles. The lowest BCUT2D eigenvalue weighted by Gasteiger charge is -2.40. The lowest BCUT2D eigenvalue weighted by atomic mass is 10.1. The Bertz CT molecular complexity index is 840. The summed E-state index contributed by atoms with van der Waals surface area (Å²) < 4.78 is -1.18. The number of fused-ring (bicyclic) bond motifs is 1. The van der Waals surface area contributed by atoms with Gasteiger partial charge in [-0.15, -0.1) is 0 Å². The summed E-state index contributed by atoms with van der Waals surface area (Å²) in [4.78, 5) is 30.6. The van der Waals surface area contributed by atoms with Crippen molar-refractivity contribution >= 4 is 40.9 Å². The molecule has 0 aliphatic carbocycles. The smallest absolute Gasteiger partial charge is 0.252 e.